The Kier molecular flexibility index (Phi) is 3.86. The smallest absolute Gasteiger partial charge is 0.384 e. The number of aryl methyl sites for hydroxylation is 1. The van der Waals surface area contributed by atoms with E-state index < -0.39 is 17.8 Å². The number of alkyl halides is 3. The van der Waals surface area contributed by atoms with Crippen molar-refractivity contribution in [2.75, 3.05) is 0 Å². The molecule has 4 heteroatoms. The van der Waals surface area contributed by atoms with Gasteiger partial charge in [-0.2, -0.15) is 13.2 Å². The maximum absolute atomic E-state index is 12.5. The SMILES string of the molecule is Cc1cccc(C(O)c2ccc(C(F)(F)F)cc2)c1C. The molecule has 0 aliphatic heterocycles. The molecule has 0 spiro atoms. The van der Waals surface area contributed by atoms with Crippen molar-refractivity contribution in [2.45, 2.75) is 26.1 Å². The van der Waals surface area contributed by atoms with E-state index in [4.69, 9.17) is 0 Å². The van der Waals surface area contributed by atoms with E-state index in [0.29, 0.717) is 11.1 Å². The first kappa shape index (κ1) is 14.6. The van der Waals surface area contributed by atoms with Gasteiger partial charge in [0.15, 0.2) is 0 Å². The summed E-state index contributed by atoms with van der Waals surface area (Å²) in [5, 5.41) is 10.3. The monoisotopic (exact) mass is 280 g/mol. The molecule has 1 N–H and O–H groups in total. The lowest BCUT2D eigenvalue weighted by Gasteiger charge is -2.16. The molecule has 0 aromatic heterocycles. The maximum atomic E-state index is 12.5. The lowest BCUT2D eigenvalue weighted by Crippen LogP contribution is -2.07. The highest BCUT2D eigenvalue weighted by Crippen LogP contribution is 2.31. The number of aliphatic hydroxyl groups is 1. The van der Waals surface area contributed by atoms with Crippen molar-refractivity contribution >= 4 is 0 Å². The Labute approximate surface area is 115 Å². The fourth-order valence-corrected chi connectivity index (χ4v) is 2.10. The molecule has 1 unspecified atom stereocenters. The minimum Gasteiger partial charge on any atom is -0.384 e. The van der Waals surface area contributed by atoms with Gasteiger partial charge in [0.1, 0.15) is 6.10 Å². The molecule has 0 bridgehead atoms. The number of hydrogen-bond acceptors (Lipinski definition) is 1. The summed E-state index contributed by atoms with van der Waals surface area (Å²) in [4.78, 5) is 0. The first-order valence-corrected chi connectivity index (χ1v) is 6.22. The van der Waals surface area contributed by atoms with E-state index in [1.165, 1.54) is 12.1 Å². The van der Waals surface area contributed by atoms with E-state index in [-0.39, 0.29) is 0 Å². The molecule has 1 nitrogen and oxygen atoms in total. The number of benzene rings is 2. The van der Waals surface area contributed by atoms with Crippen LogP contribution in [0.15, 0.2) is 42.5 Å². The van der Waals surface area contributed by atoms with Crippen LogP contribution in [0.25, 0.3) is 0 Å². The third kappa shape index (κ3) is 2.85. The topological polar surface area (TPSA) is 20.2 Å². The highest BCUT2D eigenvalue weighted by Gasteiger charge is 2.30. The number of aliphatic hydroxyl groups excluding tert-OH is 1. The molecule has 2 aromatic carbocycles. The van der Waals surface area contributed by atoms with E-state index in [9.17, 15) is 18.3 Å². The average molecular weight is 280 g/mol. The summed E-state index contributed by atoms with van der Waals surface area (Å²) in [5.74, 6) is 0. The molecule has 2 rings (SSSR count). The van der Waals surface area contributed by atoms with Gasteiger partial charge >= 0.3 is 6.18 Å². The summed E-state index contributed by atoms with van der Waals surface area (Å²) >= 11 is 0. The van der Waals surface area contributed by atoms with Crippen LogP contribution in [0.3, 0.4) is 0 Å². The zero-order valence-corrected chi connectivity index (χ0v) is 11.2. The zero-order chi connectivity index (χ0) is 14.9. The molecule has 0 heterocycles. The van der Waals surface area contributed by atoms with Crippen LogP contribution in [-0.2, 0) is 6.18 Å². The van der Waals surface area contributed by atoms with Crippen LogP contribution in [0.1, 0.15) is 33.9 Å². The molecular weight excluding hydrogens is 265 g/mol. The second-order valence-corrected chi connectivity index (χ2v) is 4.81. The zero-order valence-electron chi connectivity index (χ0n) is 11.2. The first-order valence-electron chi connectivity index (χ1n) is 6.22. The van der Waals surface area contributed by atoms with Gasteiger partial charge in [-0.15, -0.1) is 0 Å². The van der Waals surface area contributed by atoms with Gasteiger partial charge in [-0.3, -0.25) is 0 Å². The van der Waals surface area contributed by atoms with Crippen molar-refractivity contribution in [2.24, 2.45) is 0 Å². The van der Waals surface area contributed by atoms with Crippen LogP contribution in [0.4, 0.5) is 13.2 Å². The molecule has 0 aliphatic rings. The second kappa shape index (κ2) is 5.29. The van der Waals surface area contributed by atoms with Crippen molar-refractivity contribution in [3.05, 3.63) is 70.3 Å². The molecule has 1 atom stereocenters. The van der Waals surface area contributed by atoms with Crippen molar-refractivity contribution in [1.29, 1.82) is 0 Å². The molecule has 106 valence electrons. The van der Waals surface area contributed by atoms with Crippen molar-refractivity contribution in [3.63, 3.8) is 0 Å². The molecule has 0 amide bonds. The number of hydrogen-bond donors (Lipinski definition) is 1. The molecule has 0 saturated heterocycles. The minimum atomic E-state index is -4.36. The lowest BCUT2D eigenvalue weighted by atomic mass is 9.94. The Hall–Kier alpha value is -1.81. The summed E-state index contributed by atoms with van der Waals surface area (Å²) in [5.41, 5.74) is 2.43. The highest BCUT2D eigenvalue weighted by molar-refractivity contribution is 5.40. The summed E-state index contributed by atoms with van der Waals surface area (Å²) in [6.07, 6.45) is -5.28. The summed E-state index contributed by atoms with van der Waals surface area (Å²) < 4.78 is 37.5. The Morgan fingerprint density at radius 2 is 1.55 bits per heavy atom. The van der Waals surface area contributed by atoms with Crippen LogP contribution in [0, 0.1) is 13.8 Å². The molecule has 2 aromatic rings. The maximum Gasteiger partial charge on any atom is 0.416 e. The standard InChI is InChI=1S/C16H15F3O/c1-10-4-3-5-14(11(10)2)15(20)12-6-8-13(9-7-12)16(17,18)19/h3-9,15,20H,1-2H3. The predicted octanol–water partition coefficient (Wildman–Crippen LogP) is 4.40. The van der Waals surface area contributed by atoms with Crippen LogP contribution in [-0.4, -0.2) is 5.11 Å². The highest BCUT2D eigenvalue weighted by atomic mass is 19.4. The molecule has 0 saturated carbocycles. The van der Waals surface area contributed by atoms with Gasteiger partial charge in [0, 0.05) is 0 Å². The third-order valence-corrected chi connectivity index (χ3v) is 3.49. The fourth-order valence-electron chi connectivity index (χ4n) is 2.10. The van der Waals surface area contributed by atoms with E-state index in [1.807, 2.05) is 26.0 Å². The molecule has 0 aliphatic carbocycles. The first-order chi connectivity index (χ1) is 9.30. The van der Waals surface area contributed by atoms with Crippen LogP contribution >= 0.6 is 0 Å². The second-order valence-electron chi connectivity index (χ2n) is 4.81. The Morgan fingerprint density at radius 1 is 0.950 bits per heavy atom. The van der Waals surface area contributed by atoms with Gasteiger partial charge in [0.2, 0.25) is 0 Å². The fraction of sp³-hybridized carbons (Fsp3) is 0.250. The minimum absolute atomic E-state index is 0.451. The van der Waals surface area contributed by atoms with Crippen LogP contribution in [0.5, 0.6) is 0 Å². The van der Waals surface area contributed by atoms with Gasteiger partial charge in [-0.1, -0.05) is 30.3 Å². The normalized spacial score (nSPS) is 13.3. The van der Waals surface area contributed by atoms with Gasteiger partial charge in [0.25, 0.3) is 0 Å². The van der Waals surface area contributed by atoms with E-state index in [1.54, 1.807) is 6.07 Å². The van der Waals surface area contributed by atoms with Crippen LogP contribution < -0.4 is 0 Å². The van der Waals surface area contributed by atoms with Gasteiger partial charge in [0.05, 0.1) is 5.56 Å². The Morgan fingerprint density at radius 3 is 2.10 bits per heavy atom. The molecule has 20 heavy (non-hydrogen) atoms. The summed E-state index contributed by atoms with van der Waals surface area (Å²) in [6, 6.07) is 10.1. The predicted molar refractivity (Wildman–Crippen MR) is 71.4 cm³/mol. The summed E-state index contributed by atoms with van der Waals surface area (Å²) in [7, 11) is 0. The van der Waals surface area contributed by atoms with Gasteiger partial charge < -0.3 is 5.11 Å². The van der Waals surface area contributed by atoms with E-state index >= 15 is 0 Å². The third-order valence-electron chi connectivity index (χ3n) is 3.49. The molecular formula is C16H15F3O. The van der Waals surface area contributed by atoms with E-state index in [0.717, 1.165) is 23.3 Å². The largest absolute Gasteiger partial charge is 0.416 e. The van der Waals surface area contributed by atoms with Crippen molar-refractivity contribution in [3.8, 4) is 0 Å². The van der Waals surface area contributed by atoms with Crippen molar-refractivity contribution in [1.82, 2.24) is 0 Å². The quantitative estimate of drug-likeness (QED) is 0.864. The van der Waals surface area contributed by atoms with Crippen molar-refractivity contribution < 1.29 is 18.3 Å². The number of rotatable bonds is 2. The van der Waals surface area contributed by atoms with E-state index in [2.05, 4.69) is 0 Å². The van der Waals surface area contributed by atoms with Gasteiger partial charge in [-0.25, -0.2) is 0 Å². The summed E-state index contributed by atoms with van der Waals surface area (Å²) in [6.45, 7) is 3.82. The lowest BCUT2D eigenvalue weighted by molar-refractivity contribution is -0.137. The number of halogens is 3. The Bertz CT molecular complexity index is 600. The molecule has 0 fully saturated rings. The van der Waals surface area contributed by atoms with Crippen LogP contribution in [0.2, 0.25) is 0 Å². The van der Waals surface area contributed by atoms with Gasteiger partial charge in [-0.05, 0) is 48.2 Å². The molecule has 0 radical (unpaired) electrons. The Balaban J connectivity index is 2.34. The average Bonchev–Trinajstić information content (AvgIpc) is 2.40.